The lowest BCUT2D eigenvalue weighted by Gasteiger charge is -2.15. The SMILES string of the molecule is NCC(NC(=O)c1ccc(Br)cc1)C1CC1. The van der Waals surface area contributed by atoms with Crippen molar-refractivity contribution in [3.8, 4) is 0 Å². The van der Waals surface area contributed by atoms with Crippen molar-refractivity contribution in [1.29, 1.82) is 0 Å². The van der Waals surface area contributed by atoms with E-state index in [0.717, 1.165) is 4.47 Å². The van der Waals surface area contributed by atoms with Crippen LogP contribution >= 0.6 is 15.9 Å². The highest BCUT2D eigenvalue weighted by Crippen LogP contribution is 2.32. The van der Waals surface area contributed by atoms with Crippen LogP contribution in [0.5, 0.6) is 0 Å². The minimum absolute atomic E-state index is 0.0325. The second kappa shape index (κ2) is 4.97. The van der Waals surface area contributed by atoms with Gasteiger partial charge >= 0.3 is 0 Å². The first-order valence-corrected chi connectivity index (χ1v) is 6.26. The van der Waals surface area contributed by atoms with Crippen molar-refractivity contribution in [2.24, 2.45) is 11.7 Å². The molecule has 1 aliphatic carbocycles. The number of nitrogens with two attached hydrogens (primary N) is 1. The predicted molar refractivity (Wildman–Crippen MR) is 67.2 cm³/mol. The fourth-order valence-corrected chi connectivity index (χ4v) is 1.99. The van der Waals surface area contributed by atoms with Gasteiger partial charge in [-0.25, -0.2) is 0 Å². The summed E-state index contributed by atoms with van der Waals surface area (Å²) >= 11 is 3.34. The van der Waals surface area contributed by atoms with E-state index in [-0.39, 0.29) is 11.9 Å². The van der Waals surface area contributed by atoms with Crippen LogP contribution in [0.3, 0.4) is 0 Å². The van der Waals surface area contributed by atoms with Crippen LogP contribution in [0.15, 0.2) is 28.7 Å². The van der Waals surface area contributed by atoms with E-state index in [4.69, 9.17) is 5.73 Å². The summed E-state index contributed by atoms with van der Waals surface area (Å²) < 4.78 is 0.974. The number of hydrogen-bond acceptors (Lipinski definition) is 2. The zero-order valence-corrected chi connectivity index (χ0v) is 10.5. The Labute approximate surface area is 104 Å². The molecule has 0 bridgehead atoms. The highest BCUT2D eigenvalue weighted by Gasteiger charge is 2.31. The normalized spacial score (nSPS) is 16.9. The van der Waals surface area contributed by atoms with Gasteiger partial charge in [0.2, 0.25) is 0 Å². The van der Waals surface area contributed by atoms with Crippen molar-refractivity contribution in [1.82, 2.24) is 5.32 Å². The minimum Gasteiger partial charge on any atom is -0.348 e. The third kappa shape index (κ3) is 2.83. The number of rotatable bonds is 4. The minimum atomic E-state index is -0.0325. The third-order valence-electron chi connectivity index (χ3n) is 2.87. The van der Waals surface area contributed by atoms with Crippen LogP contribution in [0.4, 0.5) is 0 Å². The fraction of sp³-hybridized carbons (Fsp3) is 0.417. The third-order valence-corrected chi connectivity index (χ3v) is 3.40. The summed E-state index contributed by atoms with van der Waals surface area (Å²) in [7, 11) is 0. The number of carbonyl (C=O) groups excluding carboxylic acids is 1. The van der Waals surface area contributed by atoms with Gasteiger partial charge in [0.15, 0.2) is 0 Å². The van der Waals surface area contributed by atoms with Crippen LogP contribution in [0, 0.1) is 5.92 Å². The molecular formula is C12H15BrN2O. The van der Waals surface area contributed by atoms with Crippen LogP contribution in [-0.2, 0) is 0 Å². The first-order valence-electron chi connectivity index (χ1n) is 5.47. The van der Waals surface area contributed by atoms with Crippen LogP contribution < -0.4 is 11.1 Å². The number of nitrogens with one attached hydrogen (secondary N) is 1. The van der Waals surface area contributed by atoms with E-state index in [1.165, 1.54) is 12.8 Å². The van der Waals surface area contributed by atoms with Crippen molar-refractivity contribution in [3.63, 3.8) is 0 Å². The van der Waals surface area contributed by atoms with Gasteiger partial charge in [-0.1, -0.05) is 15.9 Å². The van der Waals surface area contributed by atoms with Gasteiger partial charge in [0.25, 0.3) is 5.91 Å². The molecule has 2 rings (SSSR count). The Hall–Kier alpha value is -0.870. The Kier molecular flexibility index (Phi) is 3.61. The van der Waals surface area contributed by atoms with Gasteiger partial charge in [-0.05, 0) is 43.0 Å². The van der Waals surface area contributed by atoms with E-state index in [0.29, 0.717) is 18.0 Å². The second-order valence-corrected chi connectivity index (χ2v) is 5.08. The maximum atomic E-state index is 11.9. The number of benzene rings is 1. The Balaban J connectivity index is 1.98. The van der Waals surface area contributed by atoms with Gasteiger partial charge in [0, 0.05) is 22.6 Å². The van der Waals surface area contributed by atoms with Gasteiger partial charge in [-0.3, -0.25) is 4.79 Å². The van der Waals surface area contributed by atoms with Crippen molar-refractivity contribution in [2.45, 2.75) is 18.9 Å². The van der Waals surface area contributed by atoms with Crippen molar-refractivity contribution in [2.75, 3.05) is 6.54 Å². The molecule has 3 nitrogen and oxygen atoms in total. The number of carbonyl (C=O) groups is 1. The number of hydrogen-bond donors (Lipinski definition) is 2. The Morgan fingerprint density at radius 2 is 2.06 bits per heavy atom. The molecular weight excluding hydrogens is 268 g/mol. The lowest BCUT2D eigenvalue weighted by atomic mass is 10.1. The Bertz CT molecular complexity index is 373. The summed E-state index contributed by atoms with van der Waals surface area (Å²) in [6.45, 7) is 0.521. The Morgan fingerprint density at radius 3 is 2.56 bits per heavy atom. The van der Waals surface area contributed by atoms with Crippen LogP contribution in [0.1, 0.15) is 23.2 Å². The van der Waals surface area contributed by atoms with E-state index in [1.54, 1.807) is 12.1 Å². The van der Waals surface area contributed by atoms with Gasteiger partial charge in [-0.2, -0.15) is 0 Å². The quantitative estimate of drug-likeness (QED) is 0.887. The molecule has 1 fully saturated rings. The molecule has 1 aliphatic rings. The first kappa shape index (κ1) is 11.6. The van der Waals surface area contributed by atoms with Gasteiger partial charge in [-0.15, -0.1) is 0 Å². The molecule has 3 N–H and O–H groups in total. The van der Waals surface area contributed by atoms with Gasteiger partial charge in [0.1, 0.15) is 0 Å². The number of amides is 1. The largest absolute Gasteiger partial charge is 0.348 e. The summed E-state index contributed by atoms with van der Waals surface area (Å²) in [5.41, 5.74) is 6.32. The molecule has 1 atom stereocenters. The van der Waals surface area contributed by atoms with Gasteiger partial charge < -0.3 is 11.1 Å². The van der Waals surface area contributed by atoms with Crippen LogP contribution in [-0.4, -0.2) is 18.5 Å². The second-order valence-electron chi connectivity index (χ2n) is 4.16. The zero-order chi connectivity index (χ0) is 11.5. The molecule has 0 aromatic heterocycles. The highest BCUT2D eigenvalue weighted by molar-refractivity contribution is 9.10. The summed E-state index contributed by atoms with van der Waals surface area (Å²) in [5.74, 6) is 0.555. The van der Waals surface area contributed by atoms with Gasteiger partial charge in [0.05, 0.1) is 0 Å². The van der Waals surface area contributed by atoms with Crippen LogP contribution in [0.2, 0.25) is 0 Å². The topological polar surface area (TPSA) is 55.1 Å². The van der Waals surface area contributed by atoms with Crippen molar-refractivity contribution < 1.29 is 4.79 Å². The average molecular weight is 283 g/mol. The summed E-state index contributed by atoms with van der Waals surface area (Å²) in [4.78, 5) is 11.9. The summed E-state index contributed by atoms with van der Waals surface area (Å²) in [5, 5.41) is 2.99. The highest BCUT2D eigenvalue weighted by atomic mass is 79.9. The average Bonchev–Trinajstić information content (AvgIpc) is 3.10. The zero-order valence-electron chi connectivity index (χ0n) is 8.95. The lowest BCUT2D eigenvalue weighted by molar-refractivity contribution is 0.0933. The molecule has 1 amide bonds. The fourth-order valence-electron chi connectivity index (χ4n) is 1.72. The predicted octanol–water partition coefficient (Wildman–Crippen LogP) is 1.92. The standard InChI is InChI=1S/C12H15BrN2O/c13-10-5-3-9(4-6-10)12(16)15-11(7-14)8-1-2-8/h3-6,8,11H,1-2,7,14H2,(H,15,16). The molecule has 0 spiro atoms. The lowest BCUT2D eigenvalue weighted by Crippen LogP contribution is -2.41. The maximum Gasteiger partial charge on any atom is 0.251 e. The first-order chi connectivity index (χ1) is 7.70. The molecule has 86 valence electrons. The van der Waals surface area contributed by atoms with E-state index >= 15 is 0 Å². The maximum absolute atomic E-state index is 11.9. The molecule has 1 aromatic rings. The van der Waals surface area contributed by atoms with E-state index in [1.807, 2.05) is 12.1 Å². The van der Waals surface area contributed by atoms with E-state index in [9.17, 15) is 4.79 Å². The molecule has 4 heteroatoms. The Morgan fingerprint density at radius 1 is 1.44 bits per heavy atom. The van der Waals surface area contributed by atoms with E-state index < -0.39 is 0 Å². The molecule has 0 heterocycles. The molecule has 0 aliphatic heterocycles. The molecule has 1 unspecified atom stereocenters. The monoisotopic (exact) mass is 282 g/mol. The van der Waals surface area contributed by atoms with Crippen molar-refractivity contribution >= 4 is 21.8 Å². The smallest absolute Gasteiger partial charge is 0.251 e. The molecule has 1 saturated carbocycles. The van der Waals surface area contributed by atoms with E-state index in [2.05, 4.69) is 21.2 Å². The molecule has 1 aromatic carbocycles. The summed E-state index contributed by atoms with van der Waals surface area (Å²) in [6.07, 6.45) is 2.37. The molecule has 16 heavy (non-hydrogen) atoms. The number of halogens is 1. The molecule has 0 saturated heterocycles. The summed E-state index contributed by atoms with van der Waals surface area (Å²) in [6, 6.07) is 7.48. The van der Waals surface area contributed by atoms with Crippen molar-refractivity contribution in [3.05, 3.63) is 34.3 Å². The van der Waals surface area contributed by atoms with Crippen LogP contribution in [0.25, 0.3) is 0 Å². The molecule has 0 radical (unpaired) electrons.